The van der Waals surface area contributed by atoms with Gasteiger partial charge in [0.2, 0.25) is 5.95 Å². The second kappa shape index (κ2) is 4.10. The summed E-state index contributed by atoms with van der Waals surface area (Å²) in [5.41, 5.74) is 2.51. The SMILES string of the molecule is CCn1cc(-c2nc(NC)nc3[nH]ncc23)cn1. The molecule has 3 aromatic rings. The summed E-state index contributed by atoms with van der Waals surface area (Å²) in [4.78, 5) is 8.77. The van der Waals surface area contributed by atoms with Crippen molar-refractivity contribution >= 4 is 17.0 Å². The lowest BCUT2D eigenvalue weighted by molar-refractivity contribution is 0.660. The molecule has 3 aromatic heterocycles. The summed E-state index contributed by atoms with van der Waals surface area (Å²) < 4.78 is 1.86. The molecule has 0 unspecified atom stereocenters. The maximum absolute atomic E-state index is 4.47. The fourth-order valence-corrected chi connectivity index (χ4v) is 1.83. The van der Waals surface area contributed by atoms with Gasteiger partial charge in [0.1, 0.15) is 0 Å². The summed E-state index contributed by atoms with van der Waals surface area (Å²) in [7, 11) is 1.79. The van der Waals surface area contributed by atoms with Crippen LogP contribution in [0.3, 0.4) is 0 Å². The number of aromatic nitrogens is 6. The molecule has 2 N–H and O–H groups in total. The number of fused-ring (bicyclic) bond motifs is 1. The van der Waals surface area contributed by atoms with Crippen LogP contribution in [0.5, 0.6) is 0 Å². The van der Waals surface area contributed by atoms with Crippen molar-refractivity contribution < 1.29 is 0 Å². The Balaban J connectivity index is 2.22. The Morgan fingerprint density at radius 3 is 2.94 bits per heavy atom. The summed E-state index contributed by atoms with van der Waals surface area (Å²) in [5.74, 6) is 0.561. The van der Waals surface area contributed by atoms with Crippen molar-refractivity contribution in [3.05, 3.63) is 18.6 Å². The Morgan fingerprint density at radius 1 is 1.33 bits per heavy atom. The highest BCUT2D eigenvalue weighted by atomic mass is 15.3. The summed E-state index contributed by atoms with van der Waals surface area (Å²) in [5, 5.41) is 15.0. The van der Waals surface area contributed by atoms with Gasteiger partial charge in [-0.05, 0) is 6.92 Å². The first-order valence-electron chi connectivity index (χ1n) is 5.73. The minimum atomic E-state index is 0.561. The molecule has 0 saturated heterocycles. The lowest BCUT2D eigenvalue weighted by atomic mass is 10.2. The molecule has 0 saturated carbocycles. The number of rotatable bonds is 3. The summed E-state index contributed by atoms with van der Waals surface area (Å²) in [6, 6.07) is 0. The Labute approximate surface area is 103 Å². The van der Waals surface area contributed by atoms with E-state index in [1.807, 2.05) is 17.8 Å². The number of aromatic amines is 1. The van der Waals surface area contributed by atoms with Gasteiger partial charge < -0.3 is 5.32 Å². The molecule has 7 nitrogen and oxygen atoms in total. The third-order valence-corrected chi connectivity index (χ3v) is 2.76. The number of hydrogen-bond donors (Lipinski definition) is 2. The van der Waals surface area contributed by atoms with Crippen LogP contribution < -0.4 is 5.32 Å². The van der Waals surface area contributed by atoms with Gasteiger partial charge in [-0.2, -0.15) is 15.2 Å². The monoisotopic (exact) mass is 243 g/mol. The molecular formula is C11H13N7. The first-order chi connectivity index (χ1) is 8.81. The summed E-state index contributed by atoms with van der Waals surface area (Å²) in [6.45, 7) is 2.88. The molecule has 0 radical (unpaired) electrons. The zero-order valence-electron chi connectivity index (χ0n) is 10.2. The molecule has 18 heavy (non-hydrogen) atoms. The van der Waals surface area contributed by atoms with Crippen LogP contribution in [-0.4, -0.2) is 37.0 Å². The van der Waals surface area contributed by atoms with Crippen molar-refractivity contribution in [2.75, 3.05) is 12.4 Å². The second-order valence-corrected chi connectivity index (χ2v) is 3.86. The van der Waals surface area contributed by atoms with Gasteiger partial charge in [-0.15, -0.1) is 0 Å². The second-order valence-electron chi connectivity index (χ2n) is 3.86. The standard InChI is InChI=1S/C11H13N7/c1-3-18-6-7(4-14-18)9-8-5-13-17-10(8)16-11(12-2)15-9/h4-6H,3H2,1-2H3,(H2,12,13,15,16,17). The van der Waals surface area contributed by atoms with Gasteiger partial charge in [0, 0.05) is 25.4 Å². The smallest absolute Gasteiger partial charge is 0.225 e. The van der Waals surface area contributed by atoms with Gasteiger partial charge >= 0.3 is 0 Å². The predicted molar refractivity (Wildman–Crippen MR) is 68.1 cm³/mol. The van der Waals surface area contributed by atoms with E-state index in [-0.39, 0.29) is 0 Å². The van der Waals surface area contributed by atoms with E-state index in [1.165, 1.54) is 0 Å². The zero-order chi connectivity index (χ0) is 12.5. The van der Waals surface area contributed by atoms with Crippen LogP contribution in [0.1, 0.15) is 6.92 Å². The van der Waals surface area contributed by atoms with Gasteiger partial charge in [0.15, 0.2) is 5.65 Å². The number of anilines is 1. The maximum atomic E-state index is 4.47. The van der Waals surface area contributed by atoms with Crippen LogP contribution in [0.15, 0.2) is 18.6 Å². The van der Waals surface area contributed by atoms with Crippen LogP contribution >= 0.6 is 0 Å². The fourth-order valence-electron chi connectivity index (χ4n) is 1.83. The first-order valence-corrected chi connectivity index (χ1v) is 5.73. The molecule has 3 heterocycles. The lowest BCUT2D eigenvalue weighted by Gasteiger charge is -2.02. The van der Waals surface area contributed by atoms with Crippen LogP contribution in [0.4, 0.5) is 5.95 Å². The third-order valence-electron chi connectivity index (χ3n) is 2.76. The molecule has 0 fully saturated rings. The number of nitrogens with one attached hydrogen (secondary N) is 2. The Kier molecular flexibility index (Phi) is 2.44. The average molecular weight is 243 g/mol. The van der Waals surface area contributed by atoms with Crippen LogP contribution in [0, 0.1) is 0 Å². The largest absolute Gasteiger partial charge is 0.357 e. The molecule has 0 aromatic carbocycles. The molecule has 0 amide bonds. The van der Waals surface area contributed by atoms with Crippen molar-refractivity contribution in [1.29, 1.82) is 0 Å². The maximum Gasteiger partial charge on any atom is 0.225 e. The molecule has 0 aliphatic rings. The fraction of sp³-hybridized carbons (Fsp3) is 0.273. The Morgan fingerprint density at radius 2 is 2.22 bits per heavy atom. The summed E-state index contributed by atoms with van der Waals surface area (Å²) in [6.07, 6.45) is 5.50. The molecule has 92 valence electrons. The molecule has 0 bridgehead atoms. The number of nitrogens with zero attached hydrogens (tertiary/aromatic N) is 5. The number of H-pyrrole nitrogens is 1. The molecule has 0 atom stereocenters. The molecule has 0 aliphatic carbocycles. The predicted octanol–water partition coefficient (Wildman–Crippen LogP) is 1.28. The molecular weight excluding hydrogens is 230 g/mol. The van der Waals surface area contributed by atoms with Crippen molar-refractivity contribution in [3.8, 4) is 11.3 Å². The van der Waals surface area contributed by atoms with Gasteiger partial charge in [0.25, 0.3) is 0 Å². The van der Waals surface area contributed by atoms with E-state index < -0.39 is 0 Å². The molecule has 0 spiro atoms. The van der Waals surface area contributed by atoms with Crippen LogP contribution in [0.25, 0.3) is 22.3 Å². The van der Waals surface area contributed by atoms with Crippen LogP contribution in [-0.2, 0) is 6.54 Å². The highest BCUT2D eigenvalue weighted by Crippen LogP contribution is 2.25. The van der Waals surface area contributed by atoms with E-state index in [1.54, 1.807) is 19.4 Å². The highest BCUT2D eigenvalue weighted by molar-refractivity contribution is 5.90. The summed E-state index contributed by atoms with van der Waals surface area (Å²) >= 11 is 0. The molecule has 7 heteroatoms. The molecule has 0 aliphatic heterocycles. The highest BCUT2D eigenvalue weighted by Gasteiger charge is 2.12. The topological polar surface area (TPSA) is 84.3 Å². The minimum Gasteiger partial charge on any atom is -0.357 e. The van der Waals surface area contributed by atoms with Gasteiger partial charge in [-0.1, -0.05) is 0 Å². The van der Waals surface area contributed by atoms with E-state index in [0.717, 1.165) is 23.2 Å². The van der Waals surface area contributed by atoms with E-state index in [2.05, 4.69) is 30.6 Å². The van der Waals surface area contributed by atoms with Crippen molar-refractivity contribution in [1.82, 2.24) is 29.9 Å². The van der Waals surface area contributed by atoms with Crippen LogP contribution in [0.2, 0.25) is 0 Å². The van der Waals surface area contributed by atoms with E-state index >= 15 is 0 Å². The van der Waals surface area contributed by atoms with Gasteiger partial charge in [-0.3, -0.25) is 9.78 Å². The normalized spacial score (nSPS) is 11.0. The lowest BCUT2D eigenvalue weighted by Crippen LogP contribution is -1.98. The Hall–Kier alpha value is -2.44. The first kappa shape index (κ1) is 10.7. The minimum absolute atomic E-state index is 0.561. The Bertz CT molecular complexity index is 682. The van der Waals surface area contributed by atoms with Crippen molar-refractivity contribution in [3.63, 3.8) is 0 Å². The van der Waals surface area contributed by atoms with E-state index in [4.69, 9.17) is 0 Å². The van der Waals surface area contributed by atoms with E-state index in [0.29, 0.717) is 11.6 Å². The third kappa shape index (κ3) is 1.60. The molecule has 3 rings (SSSR count). The average Bonchev–Trinajstić information content (AvgIpc) is 3.05. The number of hydrogen-bond acceptors (Lipinski definition) is 5. The van der Waals surface area contributed by atoms with Gasteiger partial charge in [-0.25, -0.2) is 4.98 Å². The van der Waals surface area contributed by atoms with Gasteiger partial charge in [0.05, 0.1) is 23.5 Å². The van der Waals surface area contributed by atoms with Crippen molar-refractivity contribution in [2.24, 2.45) is 0 Å². The number of aryl methyl sites for hydroxylation is 1. The van der Waals surface area contributed by atoms with Crippen molar-refractivity contribution in [2.45, 2.75) is 13.5 Å². The zero-order valence-corrected chi connectivity index (χ0v) is 10.2. The van der Waals surface area contributed by atoms with E-state index in [9.17, 15) is 0 Å². The quantitative estimate of drug-likeness (QED) is 0.723.